The summed E-state index contributed by atoms with van der Waals surface area (Å²) < 4.78 is 30.0. The number of amides is 1. The predicted molar refractivity (Wildman–Crippen MR) is 104 cm³/mol. The van der Waals surface area contributed by atoms with Crippen molar-refractivity contribution in [2.75, 3.05) is 5.32 Å². The zero-order valence-corrected chi connectivity index (χ0v) is 16.1. The third kappa shape index (κ3) is 3.30. The highest BCUT2D eigenvalue weighted by Crippen LogP contribution is 2.34. The zero-order valence-electron chi connectivity index (χ0n) is 15.3. The summed E-state index contributed by atoms with van der Waals surface area (Å²) in [5.74, 6) is -0.495. The Hall–Kier alpha value is -3.04. The normalized spacial score (nSPS) is 17.2. The number of sulfonamides is 1. The van der Waals surface area contributed by atoms with Gasteiger partial charge in [-0.05, 0) is 55.3 Å². The summed E-state index contributed by atoms with van der Waals surface area (Å²) in [5.41, 5.74) is 3.01. The van der Waals surface area contributed by atoms with Gasteiger partial charge >= 0.3 is 0 Å². The molecule has 1 amide bonds. The molecular formula is C19H19N5O3S. The fourth-order valence-electron chi connectivity index (χ4n) is 3.19. The molecule has 0 bridgehead atoms. The maximum Gasteiger partial charge on any atom is 0.241 e. The Morgan fingerprint density at radius 2 is 1.93 bits per heavy atom. The topological polar surface area (TPSA) is 106 Å². The molecule has 2 heterocycles. The average Bonchev–Trinajstić information content (AvgIpc) is 3.30. The van der Waals surface area contributed by atoms with Crippen LogP contribution in [0.3, 0.4) is 0 Å². The second kappa shape index (κ2) is 6.84. The number of benzene rings is 2. The molecule has 144 valence electrons. The molecule has 0 unspecified atom stereocenters. The van der Waals surface area contributed by atoms with Gasteiger partial charge in [-0.15, -0.1) is 0 Å². The molecule has 0 saturated carbocycles. The number of rotatable bonds is 5. The number of carbonyl (C=O) groups is 1. The Labute approximate surface area is 162 Å². The van der Waals surface area contributed by atoms with Crippen molar-refractivity contribution in [3.05, 3.63) is 66.2 Å². The summed E-state index contributed by atoms with van der Waals surface area (Å²) in [6, 6.07) is 11.6. The number of carbonyl (C=O) groups excluding carboxylic acids is 1. The van der Waals surface area contributed by atoms with Crippen LogP contribution in [0.1, 0.15) is 36.9 Å². The number of hydrogen-bond donors (Lipinski definition) is 2. The first-order valence-corrected chi connectivity index (χ1v) is 10.3. The summed E-state index contributed by atoms with van der Waals surface area (Å²) in [4.78, 5) is 15.8. The molecule has 1 aliphatic rings. The second-order valence-electron chi connectivity index (χ2n) is 6.73. The molecule has 0 saturated heterocycles. The summed E-state index contributed by atoms with van der Waals surface area (Å²) in [5, 5.41) is 6.81. The van der Waals surface area contributed by atoms with Gasteiger partial charge in [-0.25, -0.2) is 22.8 Å². The lowest BCUT2D eigenvalue weighted by atomic mass is 10.0. The summed E-state index contributed by atoms with van der Waals surface area (Å²) in [6.07, 6.45) is 3.04. The van der Waals surface area contributed by atoms with Crippen molar-refractivity contribution in [1.29, 1.82) is 0 Å². The van der Waals surface area contributed by atoms with E-state index in [9.17, 15) is 13.2 Å². The van der Waals surface area contributed by atoms with E-state index < -0.39 is 16.1 Å². The first-order chi connectivity index (χ1) is 13.3. The Balaban J connectivity index is 1.54. The average molecular weight is 397 g/mol. The molecule has 8 nitrogen and oxygen atoms in total. The standard InChI is InChI=1S/C19H19N5O3S/c1-12-17-9-16(7-8-18(17)22-19(12)25)28(26,27)23-13(2)14-3-5-15(6-4-14)24-11-20-10-21-24/h3-13,23H,1-2H3,(H,22,25)/t12-,13-/m1/s1. The lowest BCUT2D eigenvalue weighted by Crippen LogP contribution is -2.27. The van der Waals surface area contributed by atoms with Gasteiger partial charge in [0.15, 0.2) is 0 Å². The minimum absolute atomic E-state index is 0.127. The van der Waals surface area contributed by atoms with Gasteiger partial charge in [-0.3, -0.25) is 4.79 Å². The third-order valence-corrected chi connectivity index (χ3v) is 6.40. The molecule has 3 aromatic rings. The number of nitrogens with zero attached hydrogens (tertiary/aromatic N) is 3. The summed E-state index contributed by atoms with van der Waals surface area (Å²) in [6.45, 7) is 3.54. The van der Waals surface area contributed by atoms with E-state index >= 15 is 0 Å². The van der Waals surface area contributed by atoms with Crippen LogP contribution in [0.4, 0.5) is 5.69 Å². The number of anilines is 1. The number of hydrogen-bond acceptors (Lipinski definition) is 5. The molecular weight excluding hydrogens is 378 g/mol. The monoisotopic (exact) mass is 397 g/mol. The van der Waals surface area contributed by atoms with Crippen molar-refractivity contribution in [3.63, 3.8) is 0 Å². The van der Waals surface area contributed by atoms with Crippen LogP contribution in [-0.4, -0.2) is 29.1 Å². The first-order valence-electron chi connectivity index (χ1n) is 8.77. The van der Waals surface area contributed by atoms with Crippen molar-refractivity contribution in [2.45, 2.75) is 30.7 Å². The molecule has 0 aliphatic carbocycles. The zero-order chi connectivity index (χ0) is 19.9. The maximum atomic E-state index is 12.8. The lowest BCUT2D eigenvalue weighted by molar-refractivity contribution is -0.116. The second-order valence-corrected chi connectivity index (χ2v) is 8.45. The Kier molecular flexibility index (Phi) is 4.48. The lowest BCUT2D eigenvalue weighted by Gasteiger charge is -2.16. The number of nitrogens with one attached hydrogen (secondary N) is 2. The predicted octanol–water partition coefficient (Wildman–Crippen LogP) is 2.36. The van der Waals surface area contributed by atoms with E-state index in [0.29, 0.717) is 11.3 Å². The molecule has 2 atom stereocenters. The molecule has 1 aromatic heterocycles. The SMILES string of the molecule is C[C@@H](NS(=O)(=O)c1ccc2c(c1)[C@@H](C)C(=O)N2)c1ccc(-n2cncn2)cc1. The van der Waals surface area contributed by atoms with Crippen molar-refractivity contribution in [3.8, 4) is 5.69 Å². The Morgan fingerprint density at radius 1 is 1.18 bits per heavy atom. The van der Waals surface area contributed by atoms with E-state index in [0.717, 1.165) is 11.3 Å². The smallest absolute Gasteiger partial charge is 0.241 e. The van der Waals surface area contributed by atoms with E-state index in [1.54, 1.807) is 37.0 Å². The van der Waals surface area contributed by atoms with Crippen molar-refractivity contribution in [1.82, 2.24) is 19.5 Å². The Morgan fingerprint density at radius 3 is 2.61 bits per heavy atom. The van der Waals surface area contributed by atoms with Gasteiger partial charge in [0.25, 0.3) is 0 Å². The molecule has 0 fully saturated rings. The summed E-state index contributed by atoms with van der Waals surface area (Å²) in [7, 11) is -3.74. The van der Waals surface area contributed by atoms with Gasteiger partial charge in [-0.2, -0.15) is 5.10 Å². The minimum Gasteiger partial charge on any atom is -0.325 e. The van der Waals surface area contributed by atoms with Crippen LogP contribution in [-0.2, 0) is 14.8 Å². The van der Waals surface area contributed by atoms with Crippen molar-refractivity contribution >= 4 is 21.6 Å². The van der Waals surface area contributed by atoms with Gasteiger partial charge in [-0.1, -0.05) is 12.1 Å². The molecule has 4 rings (SSSR count). The third-order valence-electron chi connectivity index (χ3n) is 4.86. The molecule has 1 aliphatic heterocycles. The van der Waals surface area contributed by atoms with E-state index in [1.165, 1.54) is 12.4 Å². The van der Waals surface area contributed by atoms with E-state index in [-0.39, 0.29) is 16.7 Å². The first kappa shape index (κ1) is 18.3. The van der Waals surface area contributed by atoms with Gasteiger partial charge in [0.05, 0.1) is 16.5 Å². The van der Waals surface area contributed by atoms with Crippen molar-refractivity contribution < 1.29 is 13.2 Å². The minimum atomic E-state index is -3.74. The number of fused-ring (bicyclic) bond motifs is 1. The highest BCUT2D eigenvalue weighted by atomic mass is 32.2. The molecule has 9 heteroatoms. The van der Waals surface area contributed by atoms with Crippen LogP contribution in [0.5, 0.6) is 0 Å². The van der Waals surface area contributed by atoms with Crippen LogP contribution in [0.2, 0.25) is 0 Å². The van der Waals surface area contributed by atoms with Crippen LogP contribution in [0.15, 0.2) is 60.0 Å². The van der Waals surface area contributed by atoms with Crippen LogP contribution < -0.4 is 10.0 Å². The van der Waals surface area contributed by atoms with Crippen LogP contribution >= 0.6 is 0 Å². The van der Waals surface area contributed by atoms with Gasteiger partial charge in [0, 0.05) is 11.7 Å². The molecule has 2 aromatic carbocycles. The maximum absolute atomic E-state index is 12.8. The largest absolute Gasteiger partial charge is 0.325 e. The molecule has 0 radical (unpaired) electrons. The molecule has 28 heavy (non-hydrogen) atoms. The van der Waals surface area contributed by atoms with Crippen molar-refractivity contribution in [2.24, 2.45) is 0 Å². The number of aromatic nitrogens is 3. The van der Waals surface area contributed by atoms with Gasteiger partial charge in [0.2, 0.25) is 15.9 Å². The highest BCUT2D eigenvalue weighted by molar-refractivity contribution is 7.89. The van der Waals surface area contributed by atoms with E-state index in [2.05, 4.69) is 20.1 Å². The summed E-state index contributed by atoms with van der Waals surface area (Å²) >= 11 is 0. The quantitative estimate of drug-likeness (QED) is 0.687. The van der Waals surface area contributed by atoms with Crippen LogP contribution in [0, 0.1) is 0 Å². The van der Waals surface area contributed by atoms with Crippen LogP contribution in [0.25, 0.3) is 5.69 Å². The van der Waals surface area contributed by atoms with Gasteiger partial charge < -0.3 is 5.32 Å². The van der Waals surface area contributed by atoms with E-state index in [1.807, 2.05) is 24.3 Å². The fraction of sp³-hybridized carbons (Fsp3) is 0.211. The molecule has 2 N–H and O–H groups in total. The highest BCUT2D eigenvalue weighted by Gasteiger charge is 2.28. The molecule has 0 spiro atoms. The fourth-order valence-corrected chi connectivity index (χ4v) is 4.46. The Bertz CT molecular complexity index is 1120. The van der Waals surface area contributed by atoms with Gasteiger partial charge in [0.1, 0.15) is 12.7 Å². The van der Waals surface area contributed by atoms with E-state index in [4.69, 9.17) is 0 Å².